The zero-order valence-electron chi connectivity index (χ0n) is 28.4. The van der Waals surface area contributed by atoms with Crippen molar-refractivity contribution in [1.82, 2.24) is 14.7 Å². The van der Waals surface area contributed by atoms with Crippen LogP contribution in [0.5, 0.6) is 40.2 Å². The summed E-state index contributed by atoms with van der Waals surface area (Å²) in [6.45, 7) is 3.73. The minimum atomic E-state index is -0.589. The fourth-order valence-electron chi connectivity index (χ4n) is 6.38. The molecule has 0 aliphatic carbocycles. The normalized spacial score (nSPS) is 17.0. The molecule has 0 spiro atoms. The molecule has 2 saturated heterocycles. The van der Waals surface area contributed by atoms with Gasteiger partial charge in [-0.3, -0.25) is 29.6 Å². The molecule has 1 atom stereocenters. The van der Waals surface area contributed by atoms with Gasteiger partial charge in [-0.1, -0.05) is 0 Å². The minimum absolute atomic E-state index is 0.0135. The van der Waals surface area contributed by atoms with Gasteiger partial charge < -0.3 is 38.2 Å². The zero-order valence-corrected chi connectivity index (χ0v) is 28.4. The molecule has 50 heavy (non-hydrogen) atoms. The smallest absolute Gasteiger partial charge is 0.312 e. The molecule has 3 aliphatic rings. The summed E-state index contributed by atoms with van der Waals surface area (Å²) in [5, 5.41) is 12.0. The van der Waals surface area contributed by atoms with Crippen LogP contribution >= 0.6 is 0 Å². The SMILES string of the molecule is COc1cc2c(cc1OCCN1CCN(C(=O)c3ccc(Oc4cc(OC)c(OC)c(OC)c4)c([N+](=O)[O-])c3)CC1)N=C[C@@H]1CCCN1C2=O. The minimum Gasteiger partial charge on any atom is -0.493 e. The Balaban J connectivity index is 1.05. The number of fused-ring (bicyclic) bond motifs is 2. The van der Waals surface area contributed by atoms with Crippen molar-refractivity contribution >= 4 is 29.4 Å². The lowest BCUT2D eigenvalue weighted by molar-refractivity contribution is -0.385. The van der Waals surface area contributed by atoms with Crippen molar-refractivity contribution in [3.05, 3.63) is 63.7 Å². The third kappa shape index (κ3) is 6.94. The third-order valence-electron chi connectivity index (χ3n) is 9.05. The van der Waals surface area contributed by atoms with E-state index >= 15 is 0 Å². The zero-order chi connectivity index (χ0) is 35.4. The summed E-state index contributed by atoms with van der Waals surface area (Å²) < 4.78 is 33.5. The number of nitrogens with zero attached hydrogens (tertiary/aromatic N) is 5. The van der Waals surface area contributed by atoms with Crippen LogP contribution in [-0.2, 0) is 0 Å². The summed E-state index contributed by atoms with van der Waals surface area (Å²) in [5.74, 6) is 1.79. The van der Waals surface area contributed by atoms with Crippen LogP contribution in [0.2, 0.25) is 0 Å². The van der Waals surface area contributed by atoms with Gasteiger partial charge >= 0.3 is 5.69 Å². The van der Waals surface area contributed by atoms with Crippen molar-refractivity contribution in [2.24, 2.45) is 4.99 Å². The van der Waals surface area contributed by atoms with Crippen LogP contribution in [0, 0.1) is 10.1 Å². The Morgan fingerprint density at radius 1 is 0.880 bits per heavy atom. The highest BCUT2D eigenvalue weighted by molar-refractivity contribution is 6.03. The lowest BCUT2D eigenvalue weighted by Gasteiger charge is -2.34. The van der Waals surface area contributed by atoms with E-state index in [2.05, 4.69) is 9.89 Å². The second-order valence-electron chi connectivity index (χ2n) is 11.9. The first kappa shape index (κ1) is 34.3. The molecular weight excluding hydrogens is 650 g/mol. The quantitative estimate of drug-likeness (QED) is 0.194. The van der Waals surface area contributed by atoms with E-state index in [0.717, 1.165) is 12.8 Å². The first-order valence-corrected chi connectivity index (χ1v) is 16.2. The van der Waals surface area contributed by atoms with Crippen LogP contribution in [0.3, 0.4) is 0 Å². The molecule has 2 fully saturated rings. The second kappa shape index (κ2) is 14.9. The predicted octanol–water partition coefficient (Wildman–Crippen LogP) is 4.58. The summed E-state index contributed by atoms with van der Waals surface area (Å²) >= 11 is 0. The molecule has 0 radical (unpaired) electrons. The van der Waals surface area contributed by atoms with Crippen LogP contribution < -0.4 is 28.4 Å². The maximum Gasteiger partial charge on any atom is 0.312 e. The Hall–Kier alpha value is -5.57. The highest BCUT2D eigenvalue weighted by Gasteiger charge is 2.33. The number of carbonyl (C=O) groups excluding carboxylic acids is 2. The molecule has 3 heterocycles. The van der Waals surface area contributed by atoms with Gasteiger partial charge in [0.15, 0.2) is 23.0 Å². The van der Waals surface area contributed by atoms with Crippen molar-refractivity contribution < 1.29 is 42.9 Å². The van der Waals surface area contributed by atoms with E-state index in [1.165, 1.54) is 51.7 Å². The van der Waals surface area contributed by atoms with Crippen molar-refractivity contribution in [2.75, 3.05) is 74.3 Å². The molecule has 0 bridgehead atoms. The van der Waals surface area contributed by atoms with E-state index < -0.39 is 4.92 Å². The van der Waals surface area contributed by atoms with E-state index in [-0.39, 0.29) is 40.6 Å². The molecule has 3 aromatic rings. The van der Waals surface area contributed by atoms with Gasteiger partial charge in [-0.15, -0.1) is 0 Å². The number of rotatable bonds is 12. The number of methoxy groups -OCH3 is 4. The van der Waals surface area contributed by atoms with Crippen LogP contribution in [0.15, 0.2) is 47.5 Å². The Bertz CT molecular complexity index is 1780. The fraction of sp³-hybridized carbons (Fsp3) is 0.400. The van der Waals surface area contributed by atoms with Gasteiger partial charge in [-0.05, 0) is 31.0 Å². The number of piperazine rings is 1. The van der Waals surface area contributed by atoms with Crippen LogP contribution in [0.25, 0.3) is 0 Å². The van der Waals surface area contributed by atoms with Gasteiger partial charge in [0, 0.05) is 75.3 Å². The molecule has 6 rings (SSSR count). The highest BCUT2D eigenvalue weighted by atomic mass is 16.6. The number of nitro groups is 1. The second-order valence-corrected chi connectivity index (χ2v) is 11.9. The molecule has 3 aliphatic heterocycles. The van der Waals surface area contributed by atoms with E-state index in [9.17, 15) is 19.7 Å². The van der Waals surface area contributed by atoms with Gasteiger partial charge in [0.25, 0.3) is 11.8 Å². The molecule has 3 aromatic carbocycles. The molecule has 15 nitrogen and oxygen atoms in total. The first-order valence-electron chi connectivity index (χ1n) is 16.2. The molecule has 264 valence electrons. The summed E-state index contributed by atoms with van der Waals surface area (Å²) in [6, 6.07) is 10.7. The third-order valence-corrected chi connectivity index (χ3v) is 9.05. The number of hydrogen-bond donors (Lipinski definition) is 0. The molecule has 2 amide bonds. The molecule has 0 aromatic heterocycles. The van der Waals surface area contributed by atoms with E-state index in [0.29, 0.717) is 85.9 Å². The lowest BCUT2D eigenvalue weighted by Crippen LogP contribution is -2.49. The standard InChI is InChI=1S/C35H39N5O10/c1-45-29-19-25-26(36-21-23-6-5-9-39(23)35(25)42)20-30(29)49-15-14-37-10-12-38(13-11-37)34(41)22-7-8-28(27(16-22)40(43)44)50-24-17-31(46-2)33(48-4)32(18-24)47-3/h7-8,16-21,23H,5-6,9-15H2,1-4H3/t23-/m0/s1. The molecule has 0 unspecified atom stereocenters. The van der Waals surface area contributed by atoms with Gasteiger partial charge in [0.05, 0.1) is 50.7 Å². The summed E-state index contributed by atoms with van der Waals surface area (Å²) in [4.78, 5) is 48.3. The lowest BCUT2D eigenvalue weighted by atomic mass is 10.1. The molecule has 0 N–H and O–H groups in total. The average Bonchev–Trinajstić information content (AvgIpc) is 3.57. The van der Waals surface area contributed by atoms with Gasteiger partial charge in [0.2, 0.25) is 11.5 Å². The number of benzene rings is 3. The van der Waals surface area contributed by atoms with Crippen molar-refractivity contribution in [2.45, 2.75) is 18.9 Å². The van der Waals surface area contributed by atoms with E-state index in [1.807, 2.05) is 11.1 Å². The maximum absolute atomic E-state index is 13.4. The van der Waals surface area contributed by atoms with Crippen molar-refractivity contribution in [1.29, 1.82) is 0 Å². The van der Waals surface area contributed by atoms with Crippen LogP contribution in [0.1, 0.15) is 33.6 Å². The number of aliphatic imine (C=N–C) groups is 1. The van der Waals surface area contributed by atoms with Gasteiger partial charge in [-0.2, -0.15) is 0 Å². The summed E-state index contributed by atoms with van der Waals surface area (Å²) in [7, 11) is 5.91. The Morgan fingerprint density at radius 2 is 1.60 bits per heavy atom. The van der Waals surface area contributed by atoms with Crippen molar-refractivity contribution in [3.63, 3.8) is 0 Å². The number of amides is 2. The van der Waals surface area contributed by atoms with E-state index in [4.69, 9.17) is 28.4 Å². The van der Waals surface area contributed by atoms with Crippen molar-refractivity contribution in [3.8, 4) is 40.2 Å². The largest absolute Gasteiger partial charge is 0.493 e. The average molecular weight is 690 g/mol. The highest BCUT2D eigenvalue weighted by Crippen LogP contribution is 2.43. The monoisotopic (exact) mass is 689 g/mol. The number of carbonyl (C=O) groups is 2. The Labute approximate surface area is 289 Å². The summed E-state index contributed by atoms with van der Waals surface area (Å²) in [6.07, 6.45) is 3.70. The van der Waals surface area contributed by atoms with Gasteiger partial charge in [-0.25, -0.2) is 0 Å². The number of ether oxygens (including phenoxy) is 6. The Morgan fingerprint density at radius 3 is 2.26 bits per heavy atom. The Kier molecular flexibility index (Phi) is 10.2. The van der Waals surface area contributed by atoms with E-state index in [1.54, 1.807) is 24.1 Å². The molecular formula is C35H39N5O10. The van der Waals surface area contributed by atoms with Crippen LogP contribution in [0.4, 0.5) is 11.4 Å². The topological polar surface area (TPSA) is 155 Å². The van der Waals surface area contributed by atoms with Gasteiger partial charge in [0.1, 0.15) is 12.4 Å². The maximum atomic E-state index is 13.4. The van der Waals surface area contributed by atoms with Crippen LogP contribution in [-0.4, -0.2) is 118 Å². The first-order chi connectivity index (χ1) is 24.2. The summed E-state index contributed by atoms with van der Waals surface area (Å²) in [5.41, 5.74) is 0.890. The molecule has 15 heteroatoms. The molecule has 0 saturated carbocycles. The predicted molar refractivity (Wildman–Crippen MR) is 182 cm³/mol. The fourth-order valence-corrected chi connectivity index (χ4v) is 6.38. The number of nitro benzene ring substituents is 1. The number of hydrogen-bond acceptors (Lipinski definition) is 12.